The third-order valence-electron chi connectivity index (χ3n) is 11.6. The first-order valence-corrected chi connectivity index (χ1v) is 25.7. The number of methoxy groups -OCH3 is 1. The van der Waals surface area contributed by atoms with Crippen LogP contribution in [0, 0.1) is 34.6 Å². The number of phenolic OH excluding ortho intramolecular Hbond substituents is 1. The molecule has 8 aromatic carbocycles. The molecule has 0 saturated carbocycles. The molecule has 0 unspecified atom stereocenters. The monoisotopic (exact) mass is 1020 g/mol. The first-order chi connectivity index (χ1) is 34.8. The minimum Gasteiger partial charge on any atom is -0.505 e. The highest BCUT2D eigenvalue weighted by Gasteiger charge is 2.16. The lowest BCUT2D eigenvalue weighted by atomic mass is 10.1. The Labute approximate surface area is 421 Å². The van der Waals surface area contributed by atoms with E-state index < -0.39 is 26.0 Å². The number of aromatic hydroxyl groups is 1. The van der Waals surface area contributed by atoms with Gasteiger partial charge in [-0.15, -0.1) is 10.2 Å². The SMILES string of the molecule is COc1ccc(Nc2ccc3c(O)c(N=Nc4cc(C)c(N=Nc5cc(C)c(N=Nc6cc(C)c(N=Nc7ccc8cccc(S(=O)(=O)O)c8c7)cc6C)cc5OCCCS(=O)(=O)O)cc4C)ccc3c2)cc1. The zero-order valence-electron chi connectivity index (χ0n) is 40.4. The fraction of sp³-hybridized carbons (Fsp3) is 0.170. The van der Waals surface area contributed by atoms with Gasteiger partial charge in [0.05, 0.1) is 53.6 Å². The van der Waals surface area contributed by atoms with Crippen molar-refractivity contribution in [3.63, 3.8) is 0 Å². The van der Waals surface area contributed by atoms with Gasteiger partial charge >= 0.3 is 0 Å². The van der Waals surface area contributed by atoms with E-state index in [-0.39, 0.29) is 29.4 Å². The van der Waals surface area contributed by atoms with Crippen LogP contribution in [-0.4, -0.2) is 50.5 Å². The summed E-state index contributed by atoms with van der Waals surface area (Å²) in [7, 11) is -7.06. The first-order valence-electron chi connectivity index (χ1n) is 22.6. The lowest BCUT2D eigenvalue weighted by Crippen LogP contribution is -2.08. The maximum Gasteiger partial charge on any atom is 0.295 e. The predicted octanol–water partition coefficient (Wildman–Crippen LogP) is 15.6. The number of aryl methyl sites for hydroxylation is 5. The predicted molar refractivity (Wildman–Crippen MR) is 282 cm³/mol. The summed E-state index contributed by atoms with van der Waals surface area (Å²) in [6, 6.07) is 36.9. The second kappa shape index (κ2) is 21.6. The van der Waals surface area contributed by atoms with Crippen molar-refractivity contribution in [3.05, 3.63) is 155 Å². The molecule has 0 aliphatic rings. The van der Waals surface area contributed by atoms with E-state index in [0.717, 1.165) is 44.8 Å². The summed E-state index contributed by atoms with van der Waals surface area (Å²) in [6.45, 7) is 9.15. The standard InChI is InChI=1S/C53H49N9O9S2/c1-31-24-47(32(2)23-45(31)57-55-40-13-11-36-9-7-10-52(43(36)29-40)73(67,68)69)59-61-49-30-51(71-21-8-22-72(64,65)66)50(27-35(49)5)62-60-48-26-33(3)46(25-34(48)4)58-56-44-20-12-37-28-39(16-19-42(37)53(44)63)54-38-14-17-41(70-6)18-15-38/h7,9-20,23-30,54,63H,8,21-22H2,1-6H3,(H,64,65,66)(H,67,68,69). The normalized spacial score (nSPS) is 12.3. The van der Waals surface area contributed by atoms with E-state index in [9.17, 15) is 31.0 Å². The quantitative estimate of drug-likeness (QED) is 0.0381. The third kappa shape index (κ3) is 12.6. The van der Waals surface area contributed by atoms with Gasteiger partial charge in [0.15, 0.2) is 5.75 Å². The summed E-state index contributed by atoms with van der Waals surface area (Å²) in [5.41, 5.74) is 9.04. The zero-order chi connectivity index (χ0) is 52.0. The van der Waals surface area contributed by atoms with E-state index in [2.05, 4.69) is 46.2 Å². The smallest absolute Gasteiger partial charge is 0.295 e. The molecule has 0 aliphatic heterocycles. The number of ether oxygens (including phenoxy) is 2. The molecule has 0 aliphatic carbocycles. The Bertz CT molecular complexity index is 3790. The van der Waals surface area contributed by atoms with Crippen molar-refractivity contribution >= 4 is 98.7 Å². The number of phenols is 1. The molecule has 0 radical (unpaired) electrons. The minimum absolute atomic E-state index is 0.00190. The van der Waals surface area contributed by atoms with Crippen LogP contribution in [0.4, 0.5) is 56.9 Å². The van der Waals surface area contributed by atoms with Crippen molar-refractivity contribution in [2.75, 3.05) is 24.8 Å². The highest BCUT2D eigenvalue weighted by Crippen LogP contribution is 2.41. The van der Waals surface area contributed by atoms with E-state index >= 15 is 0 Å². The van der Waals surface area contributed by atoms with Gasteiger partial charge in [0.2, 0.25) is 0 Å². The van der Waals surface area contributed by atoms with Gasteiger partial charge in [-0.05, 0) is 177 Å². The third-order valence-corrected chi connectivity index (χ3v) is 13.3. The van der Waals surface area contributed by atoms with Gasteiger partial charge < -0.3 is 19.9 Å². The number of azo groups is 4. The number of benzene rings is 8. The molecule has 8 aromatic rings. The average Bonchev–Trinajstić information content (AvgIpc) is 3.35. The van der Waals surface area contributed by atoms with Gasteiger partial charge in [0.25, 0.3) is 20.2 Å². The van der Waals surface area contributed by atoms with Crippen molar-refractivity contribution in [2.24, 2.45) is 40.9 Å². The average molecular weight is 1020 g/mol. The second-order valence-electron chi connectivity index (χ2n) is 17.1. The Morgan fingerprint density at radius 1 is 0.507 bits per heavy atom. The van der Waals surface area contributed by atoms with Gasteiger partial charge in [0.1, 0.15) is 27.8 Å². The molecular formula is C53H49N9O9S2. The fourth-order valence-electron chi connectivity index (χ4n) is 7.64. The Morgan fingerprint density at radius 2 is 1.03 bits per heavy atom. The summed E-state index contributed by atoms with van der Waals surface area (Å²) in [5, 5.41) is 52.7. The van der Waals surface area contributed by atoms with E-state index in [4.69, 9.17) is 9.47 Å². The molecule has 372 valence electrons. The van der Waals surface area contributed by atoms with Crippen molar-refractivity contribution in [2.45, 2.75) is 45.9 Å². The molecule has 0 fully saturated rings. The Balaban J connectivity index is 0.996. The van der Waals surface area contributed by atoms with Crippen LogP contribution in [0.25, 0.3) is 21.5 Å². The number of nitrogens with one attached hydrogen (secondary N) is 1. The molecule has 4 N–H and O–H groups in total. The molecule has 0 saturated heterocycles. The molecule has 0 atom stereocenters. The molecule has 0 heterocycles. The highest BCUT2D eigenvalue weighted by molar-refractivity contribution is 7.86. The molecule has 20 heteroatoms. The van der Waals surface area contributed by atoms with Gasteiger partial charge in [-0.1, -0.05) is 24.3 Å². The number of hydrogen-bond acceptors (Lipinski definition) is 16. The first kappa shape index (κ1) is 51.1. The summed E-state index contributed by atoms with van der Waals surface area (Å²) < 4.78 is 77.1. The van der Waals surface area contributed by atoms with E-state index in [1.54, 1.807) is 67.8 Å². The summed E-state index contributed by atoms with van der Waals surface area (Å²) in [4.78, 5) is -0.223. The number of rotatable bonds is 17. The lowest BCUT2D eigenvalue weighted by molar-refractivity contribution is 0.317. The van der Waals surface area contributed by atoms with Crippen LogP contribution >= 0.6 is 0 Å². The molecule has 0 bridgehead atoms. The van der Waals surface area contributed by atoms with E-state index in [1.807, 2.05) is 95.3 Å². The fourth-order valence-corrected chi connectivity index (χ4v) is 8.83. The van der Waals surface area contributed by atoms with Crippen molar-refractivity contribution in [1.82, 2.24) is 0 Å². The lowest BCUT2D eigenvalue weighted by Gasteiger charge is -2.11. The van der Waals surface area contributed by atoms with Gasteiger partial charge in [-0.2, -0.15) is 47.5 Å². The molecule has 0 spiro atoms. The molecule has 0 amide bonds. The number of anilines is 2. The molecule has 0 aromatic heterocycles. The van der Waals surface area contributed by atoms with Crippen LogP contribution in [0.2, 0.25) is 0 Å². The van der Waals surface area contributed by atoms with E-state index in [1.165, 1.54) is 6.07 Å². The van der Waals surface area contributed by atoms with E-state index in [0.29, 0.717) is 67.2 Å². The Kier molecular flexibility index (Phi) is 15.1. The summed E-state index contributed by atoms with van der Waals surface area (Å²) in [6.07, 6.45) is 0.00382. The maximum absolute atomic E-state index is 12.0. The zero-order valence-corrected chi connectivity index (χ0v) is 42.1. The number of hydrogen-bond donors (Lipinski definition) is 4. The molecule has 73 heavy (non-hydrogen) atoms. The summed E-state index contributed by atoms with van der Waals surface area (Å²) >= 11 is 0. The minimum atomic E-state index is -4.46. The number of fused-ring (bicyclic) bond motifs is 2. The van der Waals surface area contributed by atoms with Crippen LogP contribution in [0.1, 0.15) is 34.2 Å². The molecule has 18 nitrogen and oxygen atoms in total. The topological polar surface area (TPSA) is 258 Å². The highest BCUT2D eigenvalue weighted by atomic mass is 32.2. The maximum atomic E-state index is 12.0. The molecule has 8 rings (SSSR count). The van der Waals surface area contributed by atoms with Gasteiger partial charge in [-0.3, -0.25) is 9.11 Å². The van der Waals surface area contributed by atoms with Gasteiger partial charge in [0, 0.05) is 28.2 Å². The number of nitrogens with zero attached hydrogens (tertiary/aromatic N) is 8. The van der Waals surface area contributed by atoms with Crippen LogP contribution in [-0.2, 0) is 20.2 Å². The summed E-state index contributed by atoms with van der Waals surface area (Å²) in [5.74, 6) is 0.508. The van der Waals surface area contributed by atoms with Crippen LogP contribution in [0.3, 0.4) is 0 Å². The largest absolute Gasteiger partial charge is 0.505 e. The van der Waals surface area contributed by atoms with Crippen molar-refractivity contribution in [3.8, 4) is 17.2 Å². The Hall–Kier alpha value is -8.30. The Morgan fingerprint density at radius 3 is 1.60 bits per heavy atom. The van der Waals surface area contributed by atoms with Crippen LogP contribution < -0.4 is 14.8 Å². The van der Waals surface area contributed by atoms with Gasteiger partial charge in [-0.25, -0.2) is 0 Å². The van der Waals surface area contributed by atoms with Crippen LogP contribution in [0.15, 0.2) is 173 Å². The van der Waals surface area contributed by atoms with Crippen molar-refractivity contribution in [1.29, 1.82) is 0 Å². The van der Waals surface area contributed by atoms with Crippen molar-refractivity contribution < 1.29 is 40.5 Å². The van der Waals surface area contributed by atoms with Crippen LogP contribution in [0.5, 0.6) is 17.2 Å². The second-order valence-corrected chi connectivity index (χ2v) is 20.1. The molecular weight excluding hydrogens is 971 g/mol.